The molecule has 0 saturated heterocycles. The van der Waals surface area contributed by atoms with E-state index in [-0.39, 0.29) is 12.1 Å². The first kappa shape index (κ1) is 15.4. The van der Waals surface area contributed by atoms with Crippen molar-refractivity contribution in [3.8, 4) is 0 Å². The molecule has 0 aliphatic carbocycles. The monoisotopic (exact) mass is 332 g/mol. The van der Waals surface area contributed by atoms with Gasteiger partial charge in [0.05, 0.1) is 6.04 Å². The fourth-order valence-corrected chi connectivity index (χ4v) is 3.42. The third kappa shape index (κ3) is 3.01. The van der Waals surface area contributed by atoms with Crippen molar-refractivity contribution in [3.63, 3.8) is 0 Å². The predicted molar refractivity (Wildman–Crippen MR) is 97.4 cm³/mol. The number of anilines is 1. The van der Waals surface area contributed by atoms with Crippen LogP contribution in [0.4, 0.5) is 10.5 Å². The van der Waals surface area contributed by atoms with E-state index >= 15 is 0 Å². The number of carbonyl (C=O) groups excluding carboxylic acids is 1. The number of hydrogen-bond acceptors (Lipinski definition) is 2. The van der Waals surface area contributed by atoms with Crippen molar-refractivity contribution >= 4 is 11.7 Å². The Kier molecular flexibility index (Phi) is 3.98. The van der Waals surface area contributed by atoms with Gasteiger partial charge in [-0.1, -0.05) is 12.1 Å². The van der Waals surface area contributed by atoms with Gasteiger partial charge in [-0.25, -0.2) is 4.79 Å². The van der Waals surface area contributed by atoms with Gasteiger partial charge in [0.2, 0.25) is 0 Å². The molecule has 0 fully saturated rings. The van der Waals surface area contributed by atoms with Gasteiger partial charge in [0.1, 0.15) is 0 Å². The van der Waals surface area contributed by atoms with Crippen molar-refractivity contribution < 1.29 is 4.79 Å². The molecule has 3 heterocycles. The molecule has 0 bridgehead atoms. The first-order chi connectivity index (χ1) is 12.2. The molecule has 2 aromatic heterocycles. The lowest BCUT2D eigenvalue weighted by Crippen LogP contribution is -2.44. The molecule has 1 aliphatic heterocycles. The highest BCUT2D eigenvalue weighted by molar-refractivity contribution is 5.90. The van der Waals surface area contributed by atoms with E-state index in [4.69, 9.17) is 0 Å². The summed E-state index contributed by atoms with van der Waals surface area (Å²) in [6.07, 6.45) is 5.61. The SMILES string of the molecule is Cc1cccc(NC(=O)N2CCn3cccc3[C@H]2c2ccncc2)c1. The number of amides is 2. The molecule has 5 nitrogen and oxygen atoms in total. The number of fused-ring (bicyclic) bond motifs is 1. The summed E-state index contributed by atoms with van der Waals surface area (Å²) in [7, 11) is 0. The number of aryl methyl sites for hydroxylation is 1. The zero-order valence-corrected chi connectivity index (χ0v) is 14.1. The molecule has 3 aromatic rings. The Morgan fingerprint density at radius 1 is 1.12 bits per heavy atom. The van der Waals surface area contributed by atoms with Crippen LogP contribution >= 0.6 is 0 Å². The van der Waals surface area contributed by atoms with Gasteiger partial charge in [0.25, 0.3) is 0 Å². The Morgan fingerprint density at radius 2 is 1.96 bits per heavy atom. The van der Waals surface area contributed by atoms with Crippen molar-refractivity contribution in [2.75, 3.05) is 11.9 Å². The number of hydrogen-bond donors (Lipinski definition) is 1. The highest BCUT2D eigenvalue weighted by Crippen LogP contribution is 2.32. The maximum Gasteiger partial charge on any atom is 0.322 e. The number of nitrogens with one attached hydrogen (secondary N) is 1. The zero-order chi connectivity index (χ0) is 17.2. The van der Waals surface area contributed by atoms with Crippen LogP contribution in [0, 0.1) is 6.92 Å². The van der Waals surface area contributed by atoms with Gasteiger partial charge in [0, 0.05) is 43.1 Å². The first-order valence-corrected chi connectivity index (χ1v) is 8.41. The number of nitrogens with zero attached hydrogens (tertiary/aromatic N) is 3. The molecule has 4 rings (SSSR count). The molecule has 25 heavy (non-hydrogen) atoms. The van der Waals surface area contributed by atoms with Crippen LogP contribution < -0.4 is 5.32 Å². The Balaban J connectivity index is 1.66. The quantitative estimate of drug-likeness (QED) is 0.775. The fraction of sp³-hybridized carbons (Fsp3) is 0.200. The van der Waals surface area contributed by atoms with Crippen LogP contribution in [0.5, 0.6) is 0 Å². The molecule has 0 unspecified atom stereocenters. The Bertz CT molecular complexity index is 887. The van der Waals surface area contributed by atoms with Crippen molar-refractivity contribution in [1.82, 2.24) is 14.5 Å². The van der Waals surface area contributed by atoms with Crippen molar-refractivity contribution in [2.24, 2.45) is 0 Å². The molecule has 126 valence electrons. The number of pyridine rings is 1. The third-order valence-corrected chi connectivity index (χ3v) is 4.59. The molecule has 1 atom stereocenters. The van der Waals surface area contributed by atoms with Crippen LogP contribution in [-0.2, 0) is 6.54 Å². The smallest absolute Gasteiger partial charge is 0.322 e. The van der Waals surface area contributed by atoms with Crippen LogP contribution in [0.2, 0.25) is 0 Å². The van der Waals surface area contributed by atoms with E-state index in [2.05, 4.69) is 27.1 Å². The third-order valence-electron chi connectivity index (χ3n) is 4.59. The minimum atomic E-state index is -0.114. The van der Waals surface area contributed by atoms with Gasteiger partial charge in [-0.15, -0.1) is 0 Å². The molecule has 0 spiro atoms. The number of urea groups is 1. The van der Waals surface area contributed by atoms with E-state index < -0.39 is 0 Å². The maximum absolute atomic E-state index is 13.0. The second-order valence-electron chi connectivity index (χ2n) is 6.30. The second-order valence-corrected chi connectivity index (χ2v) is 6.30. The Labute approximate surface area is 146 Å². The second kappa shape index (κ2) is 6.43. The Hall–Kier alpha value is -3.08. The van der Waals surface area contributed by atoms with Gasteiger partial charge >= 0.3 is 6.03 Å². The summed E-state index contributed by atoms with van der Waals surface area (Å²) in [4.78, 5) is 19.0. The van der Waals surface area contributed by atoms with Gasteiger partial charge in [-0.3, -0.25) is 4.98 Å². The normalized spacial score (nSPS) is 16.4. The van der Waals surface area contributed by atoms with Crippen LogP contribution in [0.15, 0.2) is 67.1 Å². The number of benzene rings is 1. The van der Waals surface area contributed by atoms with E-state index in [1.807, 2.05) is 54.3 Å². The molecule has 2 amide bonds. The highest BCUT2D eigenvalue weighted by atomic mass is 16.2. The predicted octanol–water partition coefficient (Wildman–Crippen LogP) is 3.83. The van der Waals surface area contributed by atoms with E-state index in [9.17, 15) is 4.79 Å². The van der Waals surface area contributed by atoms with Crippen molar-refractivity contribution in [3.05, 3.63) is 83.9 Å². The number of aromatic nitrogens is 2. The summed E-state index contributed by atoms with van der Waals surface area (Å²) in [6.45, 7) is 3.47. The van der Waals surface area contributed by atoms with E-state index in [0.717, 1.165) is 29.1 Å². The molecule has 1 N–H and O–H groups in total. The lowest BCUT2D eigenvalue weighted by Gasteiger charge is -2.37. The molecule has 1 aliphatic rings. The summed E-state index contributed by atoms with van der Waals surface area (Å²) in [6, 6.07) is 15.7. The molecule has 0 saturated carbocycles. The molecule has 1 aromatic carbocycles. The first-order valence-electron chi connectivity index (χ1n) is 8.41. The lowest BCUT2D eigenvalue weighted by atomic mass is 10.0. The summed E-state index contributed by atoms with van der Waals surface area (Å²) in [5.74, 6) is 0. The number of rotatable bonds is 2. The average Bonchev–Trinajstić information content (AvgIpc) is 3.10. The molecule has 5 heteroatoms. The summed E-state index contributed by atoms with van der Waals surface area (Å²) >= 11 is 0. The van der Waals surface area contributed by atoms with Gasteiger partial charge in [-0.05, 0) is 54.4 Å². The van der Waals surface area contributed by atoms with E-state index in [0.29, 0.717) is 6.54 Å². The maximum atomic E-state index is 13.0. The van der Waals surface area contributed by atoms with Gasteiger partial charge in [-0.2, -0.15) is 0 Å². The molecule has 0 radical (unpaired) electrons. The van der Waals surface area contributed by atoms with Crippen LogP contribution in [0.3, 0.4) is 0 Å². The van der Waals surface area contributed by atoms with Crippen molar-refractivity contribution in [2.45, 2.75) is 19.5 Å². The Morgan fingerprint density at radius 3 is 2.76 bits per heavy atom. The lowest BCUT2D eigenvalue weighted by molar-refractivity contribution is 0.182. The number of carbonyl (C=O) groups is 1. The van der Waals surface area contributed by atoms with Crippen LogP contribution in [-0.4, -0.2) is 27.0 Å². The van der Waals surface area contributed by atoms with E-state index in [1.54, 1.807) is 12.4 Å². The van der Waals surface area contributed by atoms with Gasteiger partial charge in [0.15, 0.2) is 0 Å². The minimum absolute atomic E-state index is 0.0835. The minimum Gasteiger partial charge on any atom is -0.348 e. The largest absolute Gasteiger partial charge is 0.348 e. The summed E-state index contributed by atoms with van der Waals surface area (Å²) in [5, 5.41) is 3.04. The fourth-order valence-electron chi connectivity index (χ4n) is 3.42. The van der Waals surface area contributed by atoms with Gasteiger partial charge < -0.3 is 14.8 Å². The van der Waals surface area contributed by atoms with Crippen LogP contribution in [0.25, 0.3) is 0 Å². The summed E-state index contributed by atoms with van der Waals surface area (Å²) in [5.41, 5.74) is 4.13. The van der Waals surface area contributed by atoms with Crippen LogP contribution in [0.1, 0.15) is 22.9 Å². The zero-order valence-electron chi connectivity index (χ0n) is 14.1. The van der Waals surface area contributed by atoms with E-state index in [1.165, 1.54) is 0 Å². The highest BCUT2D eigenvalue weighted by Gasteiger charge is 2.32. The topological polar surface area (TPSA) is 50.2 Å². The average molecular weight is 332 g/mol. The molecular weight excluding hydrogens is 312 g/mol. The standard InChI is InChI=1S/C20H20N4O/c1-15-4-2-5-17(14-15)22-20(25)24-13-12-23-11-3-6-18(23)19(24)16-7-9-21-10-8-16/h2-11,14,19H,12-13H2,1H3,(H,22,25)/t19-/m1/s1. The molecular formula is C20H20N4O. The summed E-state index contributed by atoms with van der Waals surface area (Å²) < 4.78 is 2.21. The van der Waals surface area contributed by atoms with Crippen molar-refractivity contribution in [1.29, 1.82) is 0 Å².